The summed E-state index contributed by atoms with van der Waals surface area (Å²) in [6, 6.07) is 11.1. The molecule has 0 radical (unpaired) electrons. The monoisotopic (exact) mass is 348 g/mol. The molecule has 2 atom stereocenters. The van der Waals surface area contributed by atoms with Crippen molar-refractivity contribution in [3.8, 4) is 11.5 Å². The van der Waals surface area contributed by atoms with Crippen molar-refractivity contribution in [2.45, 2.75) is 31.1 Å². The van der Waals surface area contributed by atoms with Crippen LogP contribution in [0.15, 0.2) is 36.4 Å². The lowest BCUT2D eigenvalue weighted by Crippen LogP contribution is -2.34. The highest BCUT2D eigenvalue weighted by molar-refractivity contribution is 6.32. The first kappa shape index (κ1) is 15.2. The van der Waals surface area contributed by atoms with Gasteiger partial charge in [-0.25, -0.2) is 0 Å². The Morgan fingerprint density at radius 3 is 1.83 bits per heavy atom. The fourth-order valence-corrected chi connectivity index (χ4v) is 5.13. The van der Waals surface area contributed by atoms with Crippen LogP contribution in [0.3, 0.4) is 0 Å². The highest BCUT2D eigenvalue weighted by Crippen LogP contribution is 2.60. The maximum absolute atomic E-state index is 9.77. The molecule has 4 heteroatoms. The minimum atomic E-state index is -0.127. The number of fused-ring (bicyclic) bond motifs is 2. The van der Waals surface area contributed by atoms with Crippen molar-refractivity contribution in [3.63, 3.8) is 0 Å². The highest BCUT2D eigenvalue weighted by Gasteiger charge is 2.52. The first-order valence-corrected chi connectivity index (χ1v) is 8.74. The standard InChI is InChI=1S/C19H18Cl2O2/c20-15-8-13(3-5-17(15)22)19(10-11-1-2-12(19)7-11)14-4-6-18(23)16(21)9-14/h3-6,8-9,11-12,22-23H,1-2,7,10H2/t11-,12-/m0/s1. The molecular weight excluding hydrogens is 331 g/mol. The van der Waals surface area contributed by atoms with E-state index < -0.39 is 0 Å². The van der Waals surface area contributed by atoms with Gasteiger partial charge in [0, 0.05) is 5.41 Å². The van der Waals surface area contributed by atoms with Gasteiger partial charge in [-0.05, 0) is 66.5 Å². The van der Waals surface area contributed by atoms with E-state index in [1.165, 1.54) is 19.3 Å². The van der Waals surface area contributed by atoms with Crippen LogP contribution in [-0.2, 0) is 5.41 Å². The Morgan fingerprint density at radius 2 is 1.43 bits per heavy atom. The number of hydrogen-bond donors (Lipinski definition) is 2. The second-order valence-corrected chi connectivity index (χ2v) is 7.70. The SMILES string of the molecule is Oc1ccc(C2(c3ccc(O)c(Cl)c3)C[C@H]3CC[C@H]2C3)cc1Cl. The molecule has 0 unspecified atom stereocenters. The van der Waals surface area contributed by atoms with E-state index in [1.807, 2.05) is 24.3 Å². The molecule has 2 bridgehead atoms. The molecule has 2 N–H and O–H groups in total. The summed E-state index contributed by atoms with van der Waals surface area (Å²) < 4.78 is 0. The smallest absolute Gasteiger partial charge is 0.134 e. The Labute approximate surface area is 145 Å². The van der Waals surface area contributed by atoms with E-state index in [0.29, 0.717) is 16.0 Å². The lowest BCUT2D eigenvalue weighted by atomic mass is 9.64. The van der Waals surface area contributed by atoms with E-state index in [4.69, 9.17) is 23.2 Å². The number of halogens is 2. The summed E-state index contributed by atoms with van der Waals surface area (Å²) in [5.41, 5.74) is 2.14. The van der Waals surface area contributed by atoms with Crippen LogP contribution in [0, 0.1) is 11.8 Å². The Balaban J connectivity index is 1.91. The summed E-state index contributed by atoms with van der Waals surface area (Å²) >= 11 is 12.4. The van der Waals surface area contributed by atoms with Crippen molar-refractivity contribution in [1.82, 2.24) is 0 Å². The van der Waals surface area contributed by atoms with Gasteiger partial charge < -0.3 is 10.2 Å². The van der Waals surface area contributed by atoms with Crippen molar-refractivity contribution in [3.05, 3.63) is 57.6 Å². The highest BCUT2D eigenvalue weighted by atomic mass is 35.5. The maximum atomic E-state index is 9.77. The van der Waals surface area contributed by atoms with Gasteiger partial charge in [-0.3, -0.25) is 0 Å². The third-order valence-corrected chi connectivity index (χ3v) is 6.38. The molecule has 0 amide bonds. The minimum absolute atomic E-state index is 0.109. The number of hydrogen-bond acceptors (Lipinski definition) is 2. The second kappa shape index (κ2) is 5.32. The third-order valence-electron chi connectivity index (χ3n) is 5.77. The number of phenolic OH excluding ortho intramolecular Hbond substituents is 2. The normalized spacial score (nSPS) is 25.0. The van der Waals surface area contributed by atoms with E-state index in [1.54, 1.807) is 12.1 Å². The zero-order valence-corrected chi connectivity index (χ0v) is 14.1. The number of aromatic hydroxyl groups is 2. The molecule has 0 aliphatic heterocycles. The Kier molecular flexibility index (Phi) is 3.51. The summed E-state index contributed by atoms with van der Waals surface area (Å²) in [6.45, 7) is 0. The van der Waals surface area contributed by atoms with Crippen molar-refractivity contribution in [1.29, 1.82) is 0 Å². The van der Waals surface area contributed by atoms with E-state index in [9.17, 15) is 10.2 Å². The van der Waals surface area contributed by atoms with E-state index in [2.05, 4.69) is 0 Å². The van der Waals surface area contributed by atoms with Gasteiger partial charge in [0.05, 0.1) is 10.0 Å². The van der Waals surface area contributed by atoms with Crippen molar-refractivity contribution >= 4 is 23.2 Å². The average Bonchev–Trinajstić information content (AvgIpc) is 3.14. The molecular formula is C19H18Cl2O2. The number of rotatable bonds is 2. The van der Waals surface area contributed by atoms with E-state index in [0.717, 1.165) is 23.5 Å². The van der Waals surface area contributed by atoms with Gasteiger partial charge in [-0.2, -0.15) is 0 Å². The second-order valence-electron chi connectivity index (χ2n) is 6.88. The molecule has 0 heterocycles. The number of phenols is 2. The largest absolute Gasteiger partial charge is 0.506 e. The molecule has 0 aromatic heterocycles. The van der Waals surface area contributed by atoms with Crippen LogP contribution in [0.4, 0.5) is 0 Å². The molecule has 4 rings (SSSR count). The zero-order chi connectivity index (χ0) is 16.2. The molecule has 0 saturated heterocycles. The molecule has 2 aliphatic rings. The van der Waals surface area contributed by atoms with Gasteiger partial charge in [0.2, 0.25) is 0 Å². The van der Waals surface area contributed by atoms with Gasteiger partial charge in [-0.1, -0.05) is 41.8 Å². The third kappa shape index (κ3) is 2.23. The van der Waals surface area contributed by atoms with Gasteiger partial charge in [-0.15, -0.1) is 0 Å². The van der Waals surface area contributed by atoms with Crippen LogP contribution < -0.4 is 0 Å². The maximum Gasteiger partial charge on any atom is 0.134 e. The van der Waals surface area contributed by atoms with Gasteiger partial charge in [0.25, 0.3) is 0 Å². The van der Waals surface area contributed by atoms with Crippen LogP contribution >= 0.6 is 23.2 Å². The lowest BCUT2D eigenvalue weighted by Gasteiger charge is -2.39. The van der Waals surface area contributed by atoms with Gasteiger partial charge in [0.1, 0.15) is 11.5 Å². The van der Waals surface area contributed by atoms with Gasteiger partial charge in [0.15, 0.2) is 0 Å². The summed E-state index contributed by atoms with van der Waals surface area (Å²) in [5, 5.41) is 20.3. The lowest BCUT2D eigenvalue weighted by molar-refractivity contribution is 0.319. The molecule has 23 heavy (non-hydrogen) atoms. The molecule has 2 aromatic carbocycles. The predicted molar refractivity (Wildman–Crippen MR) is 92.5 cm³/mol. The molecule has 0 spiro atoms. The zero-order valence-electron chi connectivity index (χ0n) is 12.6. The first-order chi connectivity index (χ1) is 11.0. The van der Waals surface area contributed by atoms with Crippen LogP contribution in [0.2, 0.25) is 10.0 Å². The molecule has 2 fully saturated rings. The molecule has 2 nitrogen and oxygen atoms in total. The summed E-state index contributed by atoms with van der Waals surface area (Å²) in [4.78, 5) is 0. The minimum Gasteiger partial charge on any atom is -0.506 e. The summed E-state index contributed by atoms with van der Waals surface area (Å²) in [7, 11) is 0. The first-order valence-electron chi connectivity index (χ1n) is 7.98. The number of benzene rings is 2. The van der Waals surface area contributed by atoms with E-state index in [-0.39, 0.29) is 16.9 Å². The van der Waals surface area contributed by atoms with Crippen LogP contribution in [0.1, 0.15) is 36.8 Å². The van der Waals surface area contributed by atoms with Crippen molar-refractivity contribution < 1.29 is 10.2 Å². The van der Waals surface area contributed by atoms with E-state index >= 15 is 0 Å². The van der Waals surface area contributed by atoms with Crippen molar-refractivity contribution in [2.24, 2.45) is 11.8 Å². The molecule has 2 saturated carbocycles. The summed E-state index contributed by atoms with van der Waals surface area (Å²) in [6.07, 6.45) is 4.77. The van der Waals surface area contributed by atoms with Gasteiger partial charge >= 0.3 is 0 Å². The van der Waals surface area contributed by atoms with Crippen LogP contribution in [0.5, 0.6) is 11.5 Å². The van der Waals surface area contributed by atoms with Crippen molar-refractivity contribution in [2.75, 3.05) is 0 Å². The Morgan fingerprint density at radius 1 is 0.870 bits per heavy atom. The Hall–Kier alpha value is -1.38. The average molecular weight is 349 g/mol. The predicted octanol–water partition coefficient (Wildman–Crippen LogP) is 5.51. The molecule has 120 valence electrons. The van der Waals surface area contributed by atoms with Crippen LogP contribution in [0.25, 0.3) is 0 Å². The quantitative estimate of drug-likeness (QED) is 0.750. The Bertz CT molecular complexity index is 720. The fraction of sp³-hybridized carbons (Fsp3) is 0.368. The topological polar surface area (TPSA) is 40.5 Å². The molecule has 2 aliphatic carbocycles. The van der Waals surface area contributed by atoms with Crippen LogP contribution in [-0.4, -0.2) is 10.2 Å². The fourth-order valence-electron chi connectivity index (χ4n) is 4.77. The summed E-state index contributed by atoms with van der Waals surface area (Å²) in [5.74, 6) is 1.49. The molecule has 2 aromatic rings.